The molecule has 0 spiro atoms. The van der Waals surface area contributed by atoms with Gasteiger partial charge in [0.1, 0.15) is 11.4 Å². The molecule has 1 heterocycles. The van der Waals surface area contributed by atoms with E-state index < -0.39 is 0 Å². The SMILES string of the molecule is C=CCN1C(=O)C(Nc2ccc(CC)cc2)=C(c2ccc(OCC(C)C)cc2)C1=O. The first-order valence-corrected chi connectivity index (χ1v) is 10.2. The van der Waals surface area contributed by atoms with E-state index in [1.54, 1.807) is 6.08 Å². The van der Waals surface area contributed by atoms with E-state index in [4.69, 9.17) is 4.74 Å². The molecule has 0 radical (unpaired) electrons. The third kappa shape index (κ3) is 4.62. The lowest BCUT2D eigenvalue weighted by Gasteiger charge is -2.12. The highest BCUT2D eigenvalue weighted by molar-refractivity contribution is 6.36. The van der Waals surface area contributed by atoms with Gasteiger partial charge in [-0.3, -0.25) is 14.5 Å². The fourth-order valence-electron chi connectivity index (χ4n) is 3.20. The summed E-state index contributed by atoms with van der Waals surface area (Å²) < 4.78 is 5.73. The molecule has 30 heavy (non-hydrogen) atoms. The minimum atomic E-state index is -0.352. The molecule has 5 heteroatoms. The van der Waals surface area contributed by atoms with Crippen LogP contribution in [0.25, 0.3) is 5.57 Å². The van der Waals surface area contributed by atoms with E-state index in [1.165, 1.54) is 10.5 Å². The monoisotopic (exact) mass is 404 g/mol. The van der Waals surface area contributed by atoms with Gasteiger partial charge < -0.3 is 10.1 Å². The number of amides is 2. The number of nitrogens with one attached hydrogen (secondary N) is 1. The Morgan fingerprint density at radius 3 is 2.27 bits per heavy atom. The van der Waals surface area contributed by atoms with E-state index in [0.717, 1.165) is 17.9 Å². The molecule has 3 rings (SSSR count). The van der Waals surface area contributed by atoms with E-state index in [0.29, 0.717) is 23.7 Å². The molecule has 1 aliphatic heterocycles. The third-order valence-electron chi connectivity index (χ3n) is 4.84. The lowest BCUT2D eigenvalue weighted by molar-refractivity contribution is -0.136. The quantitative estimate of drug-likeness (QED) is 0.488. The molecule has 0 atom stereocenters. The lowest BCUT2D eigenvalue weighted by atomic mass is 10.0. The second-order valence-corrected chi connectivity index (χ2v) is 7.66. The van der Waals surface area contributed by atoms with Crippen LogP contribution < -0.4 is 10.1 Å². The maximum absolute atomic E-state index is 13.0. The first-order chi connectivity index (χ1) is 14.4. The normalized spacial score (nSPS) is 13.9. The van der Waals surface area contributed by atoms with Crippen molar-refractivity contribution in [3.05, 3.63) is 78.0 Å². The molecule has 0 aromatic heterocycles. The van der Waals surface area contributed by atoms with Gasteiger partial charge in [-0.2, -0.15) is 0 Å². The molecule has 1 N–H and O–H groups in total. The molecular formula is C25H28N2O3. The summed E-state index contributed by atoms with van der Waals surface area (Å²) in [4.78, 5) is 27.2. The number of rotatable bonds is 9. The number of anilines is 1. The highest BCUT2D eigenvalue weighted by Crippen LogP contribution is 2.31. The van der Waals surface area contributed by atoms with Gasteiger partial charge in [-0.05, 0) is 47.7 Å². The Balaban J connectivity index is 1.94. The van der Waals surface area contributed by atoms with Gasteiger partial charge in [-0.1, -0.05) is 51.1 Å². The fourth-order valence-corrected chi connectivity index (χ4v) is 3.20. The van der Waals surface area contributed by atoms with Gasteiger partial charge in [-0.15, -0.1) is 6.58 Å². The maximum atomic E-state index is 13.0. The summed E-state index contributed by atoms with van der Waals surface area (Å²) in [5.74, 6) is 0.472. The van der Waals surface area contributed by atoms with Gasteiger partial charge >= 0.3 is 0 Å². The molecule has 0 fully saturated rings. The van der Waals surface area contributed by atoms with Gasteiger partial charge in [0, 0.05) is 12.2 Å². The molecule has 2 aromatic carbocycles. The van der Waals surface area contributed by atoms with E-state index in [-0.39, 0.29) is 24.1 Å². The van der Waals surface area contributed by atoms with Crippen molar-refractivity contribution < 1.29 is 14.3 Å². The van der Waals surface area contributed by atoms with Crippen molar-refractivity contribution in [2.75, 3.05) is 18.5 Å². The average molecular weight is 405 g/mol. The fraction of sp³-hybridized carbons (Fsp3) is 0.280. The first kappa shape index (κ1) is 21.4. The average Bonchev–Trinajstić information content (AvgIpc) is 2.98. The number of aryl methyl sites for hydroxylation is 1. The maximum Gasteiger partial charge on any atom is 0.278 e. The number of benzene rings is 2. The van der Waals surface area contributed by atoms with E-state index in [9.17, 15) is 9.59 Å². The molecule has 0 bridgehead atoms. The largest absolute Gasteiger partial charge is 0.493 e. The van der Waals surface area contributed by atoms with Crippen LogP contribution in [0.1, 0.15) is 31.9 Å². The zero-order chi connectivity index (χ0) is 21.7. The number of ether oxygens (including phenoxy) is 1. The Morgan fingerprint density at radius 2 is 1.70 bits per heavy atom. The zero-order valence-corrected chi connectivity index (χ0v) is 17.8. The Morgan fingerprint density at radius 1 is 1.03 bits per heavy atom. The first-order valence-electron chi connectivity index (χ1n) is 10.2. The predicted octanol–water partition coefficient (Wildman–Crippen LogP) is 4.66. The van der Waals surface area contributed by atoms with Crippen molar-refractivity contribution in [1.82, 2.24) is 4.90 Å². The van der Waals surface area contributed by atoms with Crippen LogP contribution in [0.5, 0.6) is 5.75 Å². The molecule has 1 aliphatic rings. The number of carbonyl (C=O) groups excluding carboxylic acids is 2. The minimum absolute atomic E-state index is 0.163. The number of carbonyl (C=O) groups is 2. The summed E-state index contributed by atoms with van der Waals surface area (Å²) in [6, 6.07) is 15.1. The highest BCUT2D eigenvalue weighted by Gasteiger charge is 2.38. The van der Waals surface area contributed by atoms with E-state index in [1.807, 2.05) is 48.5 Å². The van der Waals surface area contributed by atoms with Crippen LogP contribution in [-0.2, 0) is 16.0 Å². The summed E-state index contributed by atoms with van der Waals surface area (Å²) in [5, 5.41) is 3.17. The number of hydrogen-bond donors (Lipinski definition) is 1. The van der Waals surface area contributed by atoms with Gasteiger partial charge in [0.25, 0.3) is 11.8 Å². The van der Waals surface area contributed by atoms with Gasteiger partial charge in [0.15, 0.2) is 0 Å². The van der Waals surface area contributed by atoms with Crippen molar-refractivity contribution in [1.29, 1.82) is 0 Å². The van der Waals surface area contributed by atoms with Crippen LogP contribution in [0.2, 0.25) is 0 Å². The second-order valence-electron chi connectivity index (χ2n) is 7.66. The Hall–Kier alpha value is -3.34. The standard InChI is InChI=1S/C25H28N2O3/c1-5-15-27-24(28)22(19-9-13-21(14-10-19)30-16-17(3)4)23(25(27)29)26-20-11-7-18(6-2)8-12-20/h5,7-14,17,26H,1,6,15-16H2,2-4H3. The molecule has 0 saturated carbocycles. The molecule has 2 amide bonds. The summed E-state index contributed by atoms with van der Waals surface area (Å²) in [6.45, 7) is 10.7. The van der Waals surface area contributed by atoms with Crippen LogP contribution >= 0.6 is 0 Å². The van der Waals surface area contributed by atoms with Crippen molar-refractivity contribution in [3.8, 4) is 5.75 Å². The Bertz CT molecular complexity index is 957. The van der Waals surface area contributed by atoms with Crippen molar-refractivity contribution in [2.24, 2.45) is 5.92 Å². The predicted molar refractivity (Wildman–Crippen MR) is 120 cm³/mol. The molecule has 2 aromatic rings. The highest BCUT2D eigenvalue weighted by atomic mass is 16.5. The summed E-state index contributed by atoms with van der Waals surface area (Å²) in [5.41, 5.74) is 3.27. The van der Waals surface area contributed by atoms with Crippen molar-refractivity contribution in [3.63, 3.8) is 0 Å². The summed E-state index contributed by atoms with van der Waals surface area (Å²) >= 11 is 0. The molecular weight excluding hydrogens is 376 g/mol. The summed E-state index contributed by atoms with van der Waals surface area (Å²) in [6.07, 6.45) is 2.49. The lowest BCUT2D eigenvalue weighted by Crippen LogP contribution is -2.32. The van der Waals surface area contributed by atoms with Gasteiger partial charge in [0.2, 0.25) is 0 Å². The molecule has 156 valence electrons. The molecule has 0 unspecified atom stereocenters. The number of nitrogens with zero attached hydrogens (tertiary/aromatic N) is 1. The van der Waals surface area contributed by atoms with Crippen LogP contribution in [0.3, 0.4) is 0 Å². The minimum Gasteiger partial charge on any atom is -0.493 e. The molecule has 0 saturated heterocycles. The van der Waals surface area contributed by atoms with Gasteiger partial charge in [0.05, 0.1) is 12.2 Å². The van der Waals surface area contributed by atoms with Crippen LogP contribution in [0, 0.1) is 5.92 Å². The summed E-state index contributed by atoms with van der Waals surface area (Å²) in [7, 11) is 0. The zero-order valence-electron chi connectivity index (χ0n) is 17.8. The number of imide groups is 1. The van der Waals surface area contributed by atoms with Crippen LogP contribution in [-0.4, -0.2) is 29.9 Å². The topological polar surface area (TPSA) is 58.6 Å². The Labute approximate surface area is 178 Å². The van der Waals surface area contributed by atoms with Gasteiger partial charge in [-0.25, -0.2) is 0 Å². The van der Waals surface area contributed by atoms with E-state index >= 15 is 0 Å². The van der Waals surface area contributed by atoms with E-state index in [2.05, 4.69) is 32.7 Å². The van der Waals surface area contributed by atoms with Crippen LogP contribution in [0.4, 0.5) is 5.69 Å². The second kappa shape index (κ2) is 9.44. The third-order valence-corrected chi connectivity index (χ3v) is 4.84. The smallest absolute Gasteiger partial charge is 0.278 e. The van der Waals surface area contributed by atoms with Crippen molar-refractivity contribution in [2.45, 2.75) is 27.2 Å². The van der Waals surface area contributed by atoms with Crippen LogP contribution in [0.15, 0.2) is 66.9 Å². The van der Waals surface area contributed by atoms with Crippen molar-refractivity contribution >= 4 is 23.1 Å². The molecule has 5 nitrogen and oxygen atoms in total. The molecule has 0 aliphatic carbocycles. The number of hydrogen-bond acceptors (Lipinski definition) is 4. The Kier molecular flexibility index (Phi) is 6.72.